The van der Waals surface area contributed by atoms with Crippen molar-refractivity contribution >= 4 is 0 Å². The van der Waals surface area contributed by atoms with Crippen LogP contribution < -0.4 is 0 Å². The molecule has 1 aliphatic heterocycles. The van der Waals surface area contributed by atoms with Crippen molar-refractivity contribution in [1.29, 1.82) is 0 Å². The Balaban J connectivity index is 1.82. The van der Waals surface area contributed by atoms with Gasteiger partial charge >= 0.3 is 0 Å². The van der Waals surface area contributed by atoms with E-state index in [0.717, 1.165) is 19.6 Å². The molecular formula is C13H17FO2. The molecule has 0 bridgehead atoms. The zero-order chi connectivity index (χ0) is 11.4. The first-order chi connectivity index (χ1) is 7.76. The van der Waals surface area contributed by atoms with E-state index in [-0.39, 0.29) is 11.2 Å². The first kappa shape index (κ1) is 11.6. The largest absolute Gasteiger partial charge is 0.380 e. The lowest BCUT2D eigenvalue weighted by Gasteiger charge is -2.40. The number of rotatable bonds is 5. The van der Waals surface area contributed by atoms with Crippen LogP contribution in [0.15, 0.2) is 24.3 Å². The first-order valence-electron chi connectivity index (χ1n) is 5.65. The molecule has 0 unspecified atom stereocenters. The molecule has 1 fully saturated rings. The summed E-state index contributed by atoms with van der Waals surface area (Å²) < 4.78 is 24.1. The van der Waals surface area contributed by atoms with Gasteiger partial charge in [0, 0.05) is 11.0 Å². The van der Waals surface area contributed by atoms with Gasteiger partial charge in [-0.05, 0) is 12.5 Å². The predicted octanol–water partition coefficient (Wildman–Crippen LogP) is 2.77. The van der Waals surface area contributed by atoms with Crippen molar-refractivity contribution in [2.75, 3.05) is 19.8 Å². The second-order valence-corrected chi connectivity index (χ2v) is 4.43. The number of benzene rings is 1. The van der Waals surface area contributed by atoms with Crippen LogP contribution in [0.1, 0.15) is 18.9 Å². The van der Waals surface area contributed by atoms with Gasteiger partial charge in [0.2, 0.25) is 0 Å². The summed E-state index contributed by atoms with van der Waals surface area (Å²) in [5.74, 6) is -0.196. The molecule has 1 saturated heterocycles. The van der Waals surface area contributed by atoms with Crippen LogP contribution in [0.3, 0.4) is 0 Å². The topological polar surface area (TPSA) is 18.5 Å². The maximum Gasteiger partial charge on any atom is 0.128 e. The van der Waals surface area contributed by atoms with Gasteiger partial charge in [-0.25, -0.2) is 4.39 Å². The molecule has 0 spiro atoms. The van der Waals surface area contributed by atoms with E-state index in [1.165, 1.54) is 6.07 Å². The molecule has 2 rings (SSSR count). The normalized spacial score (nSPS) is 18.1. The van der Waals surface area contributed by atoms with Crippen molar-refractivity contribution in [3.05, 3.63) is 35.6 Å². The highest BCUT2D eigenvalue weighted by atomic mass is 19.1. The van der Waals surface area contributed by atoms with Crippen molar-refractivity contribution in [1.82, 2.24) is 0 Å². The van der Waals surface area contributed by atoms with Crippen molar-refractivity contribution in [3.8, 4) is 0 Å². The van der Waals surface area contributed by atoms with E-state index in [1.54, 1.807) is 12.1 Å². The van der Waals surface area contributed by atoms with Crippen LogP contribution in [0.5, 0.6) is 0 Å². The molecule has 88 valence electrons. The van der Waals surface area contributed by atoms with Crippen molar-refractivity contribution in [2.45, 2.75) is 20.0 Å². The third-order valence-electron chi connectivity index (χ3n) is 3.19. The summed E-state index contributed by atoms with van der Waals surface area (Å²) in [5.41, 5.74) is 0.791. The van der Waals surface area contributed by atoms with Gasteiger partial charge in [0.1, 0.15) is 5.82 Å². The van der Waals surface area contributed by atoms with E-state index in [1.807, 2.05) is 6.07 Å². The minimum absolute atomic E-state index is 0.172. The molecule has 3 heteroatoms. The second-order valence-electron chi connectivity index (χ2n) is 4.43. The average Bonchev–Trinajstić information content (AvgIpc) is 2.25. The second kappa shape index (κ2) is 4.93. The van der Waals surface area contributed by atoms with Crippen molar-refractivity contribution in [3.63, 3.8) is 0 Å². The molecular weight excluding hydrogens is 207 g/mol. The smallest absolute Gasteiger partial charge is 0.128 e. The molecule has 0 N–H and O–H groups in total. The molecule has 1 aromatic rings. The summed E-state index contributed by atoms with van der Waals surface area (Å²) in [6.07, 6.45) is 1.05. The lowest BCUT2D eigenvalue weighted by atomic mass is 9.84. The van der Waals surface area contributed by atoms with E-state index < -0.39 is 0 Å². The van der Waals surface area contributed by atoms with Gasteiger partial charge in [-0.2, -0.15) is 0 Å². The monoisotopic (exact) mass is 224 g/mol. The molecule has 0 radical (unpaired) electrons. The maximum atomic E-state index is 13.3. The third-order valence-corrected chi connectivity index (χ3v) is 3.19. The minimum atomic E-state index is -0.196. The fourth-order valence-electron chi connectivity index (χ4n) is 1.77. The Morgan fingerprint density at radius 3 is 2.69 bits per heavy atom. The highest BCUT2D eigenvalue weighted by Gasteiger charge is 2.36. The van der Waals surface area contributed by atoms with E-state index in [0.29, 0.717) is 18.8 Å². The van der Waals surface area contributed by atoms with Crippen LogP contribution in [0, 0.1) is 11.2 Å². The van der Waals surface area contributed by atoms with Gasteiger partial charge in [-0.1, -0.05) is 25.1 Å². The molecule has 0 atom stereocenters. The number of halogens is 1. The summed E-state index contributed by atoms with van der Waals surface area (Å²) in [6, 6.07) is 6.72. The Morgan fingerprint density at radius 2 is 2.12 bits per heavy atom. The maximum absolute atomic E-state index is 13.3. The Hall–Kier alpha value is -0.930. The van der Waals surface area contributed by atoms with Gasteiger partial charge in [0.15, 0.2) is 0 Å². The predicted molar refractivity (Wildman–Crippen MR) is 59.6 cm³/mol. The Labute approximate surface area is 95.4 Å². The molecule has 16 heavy (non-hydrogen) atoms. The van der Waals surface area contributed by atoms with Gasteiger partial charge in [-0.3, -0.25) is 0 Å². The SMILES string of the molecule is CCC1(COCc2ccccc2F)COC1. The van der Waals surface area contributed by atoms with E-state index in [4.69, 9.17) is 9.47 Å². The van der Waals surface area contributed by atoms with E-state index in [9.17, 15) is 4.39 Å². The van der Waals surface area contributed by atoms with Crippen molar-refractivity contribution in [2.24, 2.45) is 5.41 Å². The summed E-state index contributed by atoms with van der Waals surface area (Å²) in [6.45, 7) is 4.66. The number of hydrogen-bond donors (Lipinski definition) is 0. The molecule has 2 nitrogen and oxygen atoms in total. The molecule has 0 amide bonds. The molecule has 0 aromatic heterocycles. The summed E-state index contributed by atoms with van der Waals surface area (Å²) in [7, 11) is 0. The van der Waals surface area contributed by atoms with Gasteiger partial charge < -0.3 is 9.47 Å². The van der Waals surface area contributed by atoms with Crippen LogP contribution in [-0.2, 0) is 16.1 Å². The van der Waals surface area contributed by atoms with Crippen molar-refractivity contribution < 1.29 is 13.9 Å². The Bertz CT molecular complexity index is 342. The molecule has 0 saturated carbocycles. The lowest BCUT2D eigenvalue weighted by Crippen LogP contribution is -2.45. The molecule has 1 aliphatic rings. The van der Waals surface area contributed by atoms with Gasteiger partial charge in [0.05, 0.1) is 26.4 Å². The number of ether oxygens (including phenoxy) is 2. The molecule has 1 aromatic carbocycles. The van der Waals surface area contributed by atoms with Crippen LogP contribution >= 0.6 is 0 Å². The zero-order valence-electron chi connectivity index (χ0n) is 9.54. The number of hydrogen-bond acceptors (Lipinski definition) is 2. The zero-order valence-corrected chi connectivity index (χ0v) is 9.54. The fourth-order valence-corrected chi connectivity index (χ4v) is 1.77. The molecule has 0 aliphatic carbocycles. The average molecular weight is 224 g/mol. The summed E-state index contributed by atoms with van der Waals surface area (Å²) in [5, 5.41) is 0. The summed E-state index contributed by atoms with van der Waals surface area (Å²) in [4.78, 5) is 0. The lowest BCUT2D eigenvalue weighted by molar-refractivity contribution is -0.152. The van der Waals surface area contributed by atoms with Crippen LogP contribution in [0.25, 0.3) is 0 Å². The Kier molecular flexibility index (Phi) is 3.56. The standard InChI is InChI=1S/C13H17FO2/c1-2-13(9-16-10-13)8-15-7-11-5-3-4-6-12(11)14/h3-6H,2,7-10H2,1H3. The highest BCUT2D eigenvalue weighted by molar-refractivity contribution is 5.16. The highest BCUT2D eigenvalue weighted by Crippen LogP contribution is 2.31. The van der Waals surface area contributed by atoms with Crippen LogP contribution in [0.4, 0.5) is 4.39 Å². The molecule has 1 heterocycles. The van der Waals surface area contributed by atoms with Gasteiger partial charge in [-0.15, -0.1) is 0 Å². The van der Waals surface area contributed by atoms with Gasteiger partial charge in [0.25, 0.3) is 0 Å². The summed E-state index contributed by atoms with van der Waals surface area (Å²) >= 11 is 0. The third kappa shape index (κ3) is 2.42. The Morgan fingerprint density at radius 1 is 1.38 bits per heavy atom. The van der Waals surface area contributed by atoms with Crippen LogP contribution in [-0.4, -0.2) is 19.8 Å². The first-order valence-corrected chi connectivity index (χ1v) is 5.65. The van der Waals surface area contributed by atoms with E-state index >= 15 is 0 Å². The van der Waals surface area contributed by atoms with Crippen LogP contribution in [0.2, 0.25) is 0 Å². The van der Waals surface area contributed by atoms with E-state index in [2.05, 4.69) is 6.92 Å². The minimum Gasteiger partial charge on any atom is -0.380 e. The quantitative estimate of drug-likeness (QED) is 0.765. The fraction of sp³-hybridized carbons (Fsp3) is 0.538.